The van der Waals surface area contributed by atoms with Gasteiger partial charge in [-0.3, -0.25) is 14.5 Å². The smallest absolute Gasteiger partial charge is 0.222 e. The molecule has 2 aromatic carbocycles. The largest absolute Gasteiger partial charge is 0.344 e. The third kappa shape index (κ3) is 4.91. The highest BCUT2D eigenvalue weighted by Crippen LogP contribution is 2.30. The zero-order chi connectivity index (χ0) is 23.5. The number of carbonyl (C=O) groups is 1. The molecule has 0 aliphatic heterocycles. The lowest BCUT2D eigenvalue weighted by Gasteiger charge is -2.22. The Kier molecular flexibility index (Phi) is 6.74. The van der Waals surface area contributed by atoms with Crippen molar-refractivity contribution in [3.63, 3.8) is 0 Å². The number of nitrogens with one attached hydrogen (secondary N) is 2. The van der Waals surface area contributed by atoms with Crippen LogP contribution >= 0.6 is 23.6 Å². The Morgan fingerprint density at radius 3 is 2.71 bits per heavy atom. The van der Waals surface area contributed by atoms with E-state index in [2.05, 4.69) is 52.1 Å². The molecule has 0 radical (unpaired) electrons. The molecule has 1 amide bonds. The van der Waals surface area contributed by atoms with E-state index in [1.807, 2.05) is 34.9 Å². The van der Waals surface area contributed by atoms with Crippen LogP contribution in [0.1, 0.15) is 52.4 Å². The molecule has 5 nitrogen and oxygen atoms in total. The highest BCUT2D eigenvalue weighted by atomic mass is 32.1. The summed E-state index contributed by atoms with van der Waals surface area (Å²) in [5.41, 5.74) is 6.18. The van der Waals surface area contributed by atoms with Gasteiger partial charge in [-0.2, -0.15) is 5.10 Å². The molecule has 1 aliphatic rings. The van der Waals surface area contributed by atoms with E-state index in [4.69, 9.17) is 12.2 Å². The van der Waals surface area contributed by atoms with Gasteiger partial charge >= 0.3 is 0 Å². The van der Waals surface area contributed by atoms with Crippen molar-refractivity contribution in [2.75, 3.05) is 0 Å². The van der Waals surface area contributed by atoms with E-state index in [1.165, 1.54) is 29.5 Å². The van der Waals surface area contributed by atoms with Crippen LogP contribution in [0.5, 0.6) is 0 Å². The molecule has 5 rings (SSSR count). The molecule has 0 spiro atoms. The molecule has 2 N–H and O–H groups in total. The SMILES string of the molecule is Cc1ccc(-c2n[nH]c(=S)n2CCC(=O)NC(c2ccc3c(c2)CCCC3)c2cccs2)cc1. The lowest BCUT2D eigenvalue weighted by atomic mass is 9.89. The van der Waals surface area contributed by atoms with E-state index >= 15 is 0 Å². The number of rotatable bonds is 7. The maximum atomic E-state index is 13.1. The van der Waals surface area contributed by atoms with Crippen molar-refractivity contribution in [3.8, 4) is 11.4 Å². The quantitative estimate of drug-likeness (QED) is 0.307. The van der Waals surface area contributed by atoms with Gasteiger partial charge in [0.15, 0.2) is 10.6 Å². The molecular weight excluding hydrogens is 460 g/mol. The van der Waals surface area contributed by atoms with Crippen LogP contribution in [0, 0.1) is 11.7 Å². The molecule has 0 saturated heterocycles. The molecule has 34 heavy (non-hydrogen) atoms. The van der Waals surface area contributed by atoms with Crippen molar-refractivity contribution in [3.05, 3.63) is 91.9 Å². The Bertz CT molecular complexity index is 1340. The zero-order valence-corrected chi connectivity index (χ0v) is 20.8. The Hall–Kier alpha value is -3.03. The maximum absolute atomic E-state index is 13.1. The topological polar surface area (TPSA) is 62.7 Å². The van der Waals surface area contributed by atoms with Gasteiger partial charge in [0.2, 0.25) is 5.91 Å². The maximum Gasteiger partial charge on any atom is 0.222 e. The number of benzene rings is 2. The molecule has 0 saturated carbocycles. The summed E-state index contributed by atoms with van der Waals surface area (Å²) < 4.78 is 2.42. The molecular formula is C27H28N4OS2. The Morgan fingerprint density at radius 2 is 1.94 bits per heavy atom. The average Bonchev–Trinajstić information content (AvgIpc) is 3.51. The number of carbonyl (C=O) groups excluding carboxylic acids is 1. The molecule has 1 aliphatic carbocycles. The number of aromatic nitrogens is 3. The van der Waals surface area contributed by atoms with Crippen molar-refractivity contribution in [2.24, 2.45) is 0 Å². The summed E-state index contributed by atoms with van der Waals surface area (Å²) in [4.78, 5) is 14.3. The van der Waals surface area contributed by atoms with E-state index in [0.717, 1.165) is 34.7 Å². The summed E-state index contributed by atoms with van der Waals surface area (Å²) in [7, 11) is 0. The fraction of sp³-hybridized carbons (Fsp3) is 0.296. The molecule has 1 atom stereocenters. The van der Waals surface area contributed by atoms with Gasteiger partial charge in [-0.15, -0.1) is 11.3 Å². The van der Waals surface area contributed by atoms with E-state index < -0.39 is 0 Å². The standard InChI is InChI=1S/C27H28N4OS2/c1-18-8-10-20(11-9-18)26-29-30-27(33)31(26)15-14-24(32)28-25(23-7-4-16-34-23)22-13-12-19-5-2-3-6-21(19)17-22/h4,7-13,16-17,25H,2-3,5-6,14-15H2,1H3,(H,28,32)(H,30,33). The molecule has 2 heterocycles. The second-order valence-electron chi connectivity index (χ2n) is 8.87. The lowest BCUT2D eigenvalue weighted by Crippen LogP contribution is -2.29. The van der Waals surface area contributed by atoms with Crippen molar-refractivity contribution >= 4 is 29.5 Å². The van der Waals surface area contributed by atoms with Crippen molar-refractivity contribution in [2.45, 2.75) is 51.6 Å². The average molecular weight is 489 g/mol. The molecule has 1 unspecified atom stereocenters. The van der Waals surface area contributed by atoms with Gasteiger partial charge in [-0.1, -0.05) is 54.1 Å². The number of amides is 1. The van der Waals surface area contributed by atoms with E-state index in [-0.39, 0.29) is 11.9 Å². The fourth-order valence-electron chi connectivity index (χ4n) is 4.60. The minimum absolute atomic E-state index is 0.00548. The second-order valence-corrected chi connectivity index (χ2v) is 10.2. The number of H-pyrrole nitrogens is 1. The molecule has 0 bridgehead atoms. The van der Waals surface area contributed by atoms with Crippen LogP contribution in [0.25, 0.3) is 11.4 Å². The van der Waals surface area contributed by atoms with E-state index in [1.54, 1.807) is 11.3 Å². The first-order valence-corrected chi connectivity index (χ1v) is 13.0. The lowest BCUT2D eigenvalue weighted by molar-refractivity contribution is -0.121. The normalized spacial score (nSPS) is 13.9. The van der Waals surface area contributed by atoms with Gasteiger partial charge in [-0.25, -0.2) is 0 Å². The van der Waals surface area contributed by atoms with Gasteiger partial charge in [0.1, 0.15) is 0 Å². The Morgan fingerprint density at radius 1 is 1.15 bits per heavy atom. The molecule has 174 valence electrons. The summed E-state index contributed by atoms with van der Waals surface area (Å²) in [5.74, 6) is 0.747. The van der Waals surface area contributed by atoms with E-state index in [0.29, 0.717) is 17.7 Å². The first-order chi connectivity index (χ1) is 16.6. The number of aromatic amines is 1. The number of hydrogen-bond donors (Lipinski definition) is 2. The highest BCUT2D eigenvalue weighted by Gasteiger charge is 2.20. The van der Waals surface area contributed by atoms with Crippen molar-refractivity contribution in [1.82, 2.24) is 20.1 Å². The second kappa shape index (κ2) is 10.1. The molecule has 4 aromatic rings. The van der Waals surface area contributed by atoms with Gasteiger partial charge in [0.05, 0.1) is 6.04 Å². The third-order valence-corrected chi connectivity index (χ3v) is 7.72. The first-order valence-electron chi connectivity index (χ1n) is 11.8. The zero-order valence-electron chi connectivity index (χ0n) is 19.2. The molecule has 0 fully saturated rings. The van der Waals surface area contributed by atoms with Crippen LogP contribution in [0.3, 0.4) is 0 Å². The van der Waals surface area contributed by atoms with Crippen LogP contribution in [0.2, 0.25) is 0 Å². The Labute approximate surface area is 208 Å². The summed E-state index contributed by atoms with van der Waals surface area (Å²) >= 11 is 7.12. The summed E-state index contributed by atoms with van der Waals surface area (Å²) in [6, 6.07) is 18.9. The van der Waals surface area contributed by atoms with Gasteiger partial charge in [-0.05, 0) is 73.0 Å². The predicted octanol–water partition coefficient (Wildman–Crippen LogP) is 6.15. The summed E-state index contributed by atoms with van der Waals surface area (Å²) in [6.07, 6.45) is 5.09. The minimum Gasteiger partial charge on any atom is -0.344 e. The van der Waals surface area contributed by atoms with Gasteiger partial charge in [0.25, 0.3) is 0 Å². The number of hydrogen-bond acceptors (Lipinski definition) is 4. The highest BCUT2D eigenvalue weighted by molar-refractivity contribution is 7.71. The number of fused-ring (bicyclic) bond motifs is 1. The van der Waals surface area contributed by atoms with Gasteiger partial charge < -0.3 is 5.32 Å². The predicted molar refractivity (Wildman–Crippen MR) is 140 cm³/mol. The minimum atomic E-state index is -0.145. The number of aryl methyl sites for hydroxylation is 3. The van der Waals surface area contributed by atoms with Gasteiger partial charge in [0, 0.05) is 23.4 Å². The summed E-state index contributed by atoms with van der Waals surface area (Å²) in [6.45, 7) is 2.52. The van der Waals surface area contributed by atoms with Crippen molar-refractivity contribution in [1.29, 1.82) is 0 Å². The first kappa shape index (κ1) is 22.7. The van der Waals surface area contributed by atoms with E-state index in [9.17, 15) is 4.79 Å². The third-order valence-electron chi connectivity index (χ3n) is 6.47. The number of nitrogens with zero attached hydrogens (tertiary/aromatic N) is 2. The monoisotopic (exact) mass is 488 g/mol. The molecule has 2 aromatic heterocycles. The number of thiophene rings is 1. The van der Waals surface area contributed by atoms with Crippen LogP contribution in [-0.4, -0.2) is 20.7 Å². The van der Waals surface area contributed by atoms with Crippen LogP contribution in [0.15, 0.2) is 60.0 Å². The van der Waals surface area contributed by atoms with Crippen LogP contribution in [0.4, 0.5) is 0 Å². The molecule has 7 heteroatoms. The van der Waals surface area contributed by atoms with Crippen molar-refractivity contribution < 1.29 is 4.79 Å². The Balaban J connectivity index is 1.33. The van der Waals surface area contributed by atoms with Crippen LogP contribution in [-0.2, 0) is 24.2 Å². The fourth-order valence-corrected chi connectivity index (χ4v) is 5.63. The summed E-state index contributed by atoms with van der Waals surface area (Å²) in [5, 5.41) is 12.6. The van der Waals surface area contributed by atoms with Crippen LogP contribution < -0.4 is 5.32 Å².